The predicted molar refractivity (Wildman–Crippen MR) is 176 cm³/mol. The molecule has 1 spiro atoms. The third-order valence-corrected chi connectivity index (χ3v) is 9.80. The molecule has 14 heteroatoms. The molecule has 0 aliphatic carbocycles. The van der Waals surface area contributed by atoms with Crippen molar-refractivity contribution in [2.45, 2.75) is 32.7 Å². The molecule has 0 bridgehead atoms. The van der Waals surface area contributed by atoms with Crippen molar-refractivity contribution in [2.24, 2.45) is 5.41 Å². The van der Waals surface area contributed by atoms with Crippen LogP contribution in [0.25, 0.3) is 33.5 Å². The third kappa shape index (κ3) is 5.37. The molecule has 4 heterocycles. The topological polar surface area (TPSA) is 131 Å². The van der Waals surface area contributed by atoms with Crippen LogP contribution in [0, 0.1) is 15.5 Å². The number of nitro benzene ring substituents is 1. The highest BCUT2D eigenvalue weighted by Crippen LogP contribution is 2.47. The number of anilines is 1. The molecule has 2 aromatic carbocycles. The third-order valence-electron chi connectivity index (χ3n) is 9.05. The number of hydrogen-bond donors (Lipinski definition) is 0. The fourth-order valence-electron chi connectivity index (χ4n) is 6.54. The Balaban J connectivity index is 1.47. The summed E-state index contributed by atoms with van der Waals surface area (Å²) in [7, 11) is 4.42. The summed E-state index contributed by atoms with van der Waals surface area (Å²) in [6.45, 7) is 4.89. The Morgan fingerprint density at radius 2 is 1.65 bits per heavy atom. The maximum atomic E-state index is 13.9. The minimum absolute atomic E-state index is 0.0666. The van der Waals surface area contributed by atoms with E-state index in [0.29, 0.717) is 65.8 Å². The van der Waals surface area contributed by atoms with Gasteiger partial charge >= 0.3 is 0 Å². The molecular weight excluding hydrogens is 637 g/mol. The second-order valence-corrected chi connectivity index (χ2v) is 12.2. The number of nitro groups is 1. The summed E-state index contributed by atoms with van der Waals surface area (Å²) in [4.78, 5) is 37.3. The first-order chi connectivity index (χ1) is 22.1. The molecule has 4 aromatic rings. The normalized spacial score (nSPS) is 15.8. The van der Waals surface area contributed by atoms with E-state index < -0.39 is 10.5 Å². The maximum absolute atomic E-state index is 13.9. The molecule has 0 amide bonds. The van der Waals surface area contributed by atoms with Crippen molar-refractivity contribution in [1.29, 1.82) is 0 Å². The van der Waals surface area contributed by atoms with Crippen LogP contribution in [-0.4, -0.2) is 67.1 Å². The average molecular weight is 671 g/mol. The summed E-state index contributed by atoms with van der Waals surface area (Å²) in [5, 5.41) is 13.2. The number of nitrogens with zero attached hydrogens (tertiary/aromatic N) is 5. The Morgan fingerprint density at radius 1 is 0.978 bits per heavy atom. The van der Waals surface area contributed by atoms with E-state index in [1.165, 1.54) is 32.0 Å². The molecule has 2 aromatic heterocycles. The SMILES string of the molecule is CCn1c(=O)c(-c2c(Cl)c(OC)cc(OC)c2Cl)cc2cnc(-c3cc([N+](=O)[O-])c(N4CCC5(CCOCC5)C4)cc3OC)nc21. The lowest BCUT2D eigenvalue weighted by Gasteiger charge is -2.33. The monoisotopic (exact) mass is 669 g/mol. The molecule has 2 fully saturated rings. The van der Waals surface area contributed by atoms with E-state index >= 15 is 0 Å². The van der Waals surface area contributed by atoms with Crippen molar-refractivity contribution in [2.75, 3.05) is 52.5 Å². The van der Waals surface area contributed by atoms with Crippen molar-refractivity contribution >= 4 is 45.6 Å². The zero-order valence-corrected chi connectivity index (χ0v) is 27.4. The van der Waals surface area contributed by atoms with Crippen LogP contribution in [0.15, 0.2) is 35.3 Å². The maximum Gasteiger partial charge on any atom is 0.293 e. The van der Waals surface area contributed by atoms with E-state index in [1.54, 1.807) is 24.4 Å². The standard InChI is InChI=1S/C32H33Cl2N5O7/c1-5-38-30-18(12-20(31(38)40)26-27(33)24(44-3)15-25(45-4)28(26)34)16-35-29(36-30)19-13-22(39(41)42)21(14-23(19)43-2)37-9-6-32(17-37)7-10-46-11-8-32/h12-16H,5-11,17H2,1-4H3. The van der Waals surface area contributed by atoms with E-state index in [-0.39, 0.29) is 44.6 Å². The van der Waals surface area contributed by atoms with Crippen LogP contribution in [0.1, 0.15) is 26.2 Å². The molecule has 6 rings (SSSR count). The molecule has 2 aliphatic heterocycles. The molecule has 0 saturated carbocycles. The van der Waals surface area contributed by atoms with Gasteiger partial charge in [-0.25, -0.2) is 9.97 Å². The predicted octanol–water partition coefficient (Wildman–Crippen LogP) is 6.39. The van der Waals surface area contributed by atoms with Crippen LogP contribution in [0.4, 0.5) is 11.4 Å². The molecule has 0 N–H and O–H groups in total. The Hall–Kier alpha value is -4.13. The van der Waals surface area contributed by atoms with E-state index in [0.717, 1.165) is 19.3 Å². The molecule has 242 valence electrons. The smallest absolute Gasteiger partial charge is 0.293 e. The Bertz CT molecular complexity index is 1880. The van der Waals surface area contributed by atoms with Crippen LogP contribution in [0.2, 0.25) is 10.0 Å². The molecule has 12 nitrogen and oxygen atoms in total. The molecule has 0 atom stereocenters. The van der Waals surface area contributed by atoms with Gasteiger partial charge in [0.1, 0.15) is 28.6 Å². The molecule has 0 unspecified atom stereocenters. The zero-order valence-electron chi connectivity index (χ0n) is 25.9. The van der Waals surface area contributed by atoms with Gasteiger partial charge in [0.05, 0.1) is 47.4 Å². The van der Waals surface area contributed by atoms with Crippen molar-refractivity contribution in [3.8, 4) is 39.8 Å². The van der Waals surface area contributed by atoms with Crippen molar-refractivity contribution in [3.05, 3.63) is 61.0 Å². The van der Waals surface area contributed by atoms with Crippen LogP contribution >= 0.6 is 23.2 Å². The summed E-state index contributed by atoms with van der Waals surface area (Å²) in [5.74, 6) is 1.15. The molecule has 2 aliphatic rings. The summed E-state index contributed by atoms with van der Waals surface area (Å²) in [6, 6.07) is 6.31. The van der Waals surface area contributed by atoms with Crippen LogP contribution < -0.4 is 24.7 Å². The second-order valence-electron chi connectivity index (χ2n) is 11.4. The van der Waals surface area contributed by atoms with Crippen LogP contribution in [0.5, 0.6) is 17.2 Å². The van der Waals surface area contributed by atoms with Crippen molar-refractivity contribution in [1.82, 2.24) is 14.5 Å². The number of rotatable bonds is 8. The molecular formula is C32H33Cl2N5O7. The largest absolute Gasteiger partial charge is 0.496 e. The van der Waals surface area contributed by atoms with Gasteiger partial charge in [-0.3, -0.25) is 19.5 Å². The highest BCUT2D eigenvalue weighted by Gasteiger charge is 2.41. The van der Waals surface area contributed by atoms with E-state index in [4.69, 9.17) is 47.1 Å². The van der Waals surface area contributed by atoms with Gasteiger partial charge < -0.3 is 23.8 Å². The Labute approximate surface area is 274 Å². The van der Waals surface area contributed by atoms with E-state index in [9.17, 15) is 14.9 Å². The van der Waals surface area contributed by atoms with Gasteiger partial charge in [0.25, 0.3) is 11.2 Å². The number of hydrogen-bond acceptors (Lipinski definition) is 10. The van der Waals surface area contributed by atoms with Gasteiger partial charge in [-0.2, -0.15) is 0 Å². The first kappa shape index (κ1) is 31.8. The van der Waals surface area contributed by atoms with E-state index in [1.807, 2.05) is 6.92 Å². The number of aryl methyl sites for hydroxylation is 1. The highest BCUT2D eigenvalue weighted by molar-refractivity contribution is 6.41. The number of methoxy groups -OCH3 is 3. The van der Waals surface area contributed by atoms with Gasteiger partial charge in [-0.05, 0) is 37.7 Å². The minimum Gasteiger partial charge on any atom is -0.496 e. The Morgan fingerprint density at radius 3 is 2.26 bits per heavy atom. The lowest BCUT2D eigenvalue weighted by Crippen LogP contribution is -2.33. The van der Waals surface area contributed by atoms with Crippen molar-refractivity contribution in [3.63, 3.8) is 0 Å². The first-order valence-electron chi connectivity index (χ1n) is 14.9. The number of pyridine rings is 1. The zero-order chi connectivity index (χ0) is 32.7. The first-order valence-corrected chi connectivity index (χ1v) is 15.6. The number of benzene rings is 2. The van der Waals surface area contributed by atoms with Gasteiger partial charge in [-0.15, -0.1) is 0 Å². The average Bonchev–Trinajstić information content (AvgIpc) is 3.47. The van der Waals surface area contributed by atoms with Crippen LogP contribution in [0.3, 0.4) is 0 Å². The number of halogens is 2. The lowest BCUT2D eigenvalue weighted by molar-refractivity contribution is -0.384. The fraction of sp³-hybridized carbons (Fsp3) is 0.406. The summed E-state index contributed by atoms with van der Waals surface area (Å²) >= 11 is 13.3. The Kier molecular flexibility index (Phi) is 8.70. The molecule has 2 saturated heterocycles. The summed E-state index contributed by atoms with van der Waals surface area (Å²) in [5.41, 5.74) is 1.25. The van der Waals surface area contributed by atoms with Gasteiger partial charge in [0, 0.05) is 68.2 Å². The van der Waals surface area contributed by atoms with Gasteiger partial charge in [-0.1, -0.05) is 23.2 Å². The van der Waals surface area contributed by atoms with Gasteiger partial charge in [0.2, 0.25) is 0 Å². The van der Waals surface area contributed by atoms with Crippen LogP contribution in [-0.2, 0) is 11.3 Å². The number of ether oxygens (including phenoxy) is 4. The quantitative estimate of drug-likeness (QED) is 0.153. The van der Waals surface area contributed by atoms with Crippen molar-refractivity contribution < 1.29 is 23.9 Å². The molecule has 46 heavy (non-hydrogen) atoms. The number of aromatic nitrogens is 3. The summed E-state index contributed by atoms with van der Waals surface area (Å²) < 4.78 is 23.6. The molecule has 0 radical (unpaired) electrons. The minimum atomic E-state index is -0.400. The lowest BCUT2D eigenvalue weighted by atomic mass is 9.80. The second kappa shape index (κ2) is 12.6. The van der Waals surface area contributed by atoms with E-state index in [2.05, 4.69) is 9.88 Å². The van der Waals surface area contributed by atoms with Gasteiger partial charge in [0.15, 0.2) is 5.82 Å². The number of fused-ring (bicyclic) bond motifs is 1. The fourth-order valence-corrected chi connectivity index (χ4v) is 7.24. The highest BCUT2D eigenvalue weighted by atomic mass is 35.5. The summed E-state index contributed by atoms with van der Waals surface area (Å²) in [6.07, 6.45) is 4.37.